The summed E-state index contributed by atoms with van der Waals surface area (Å²) < 4.78 is 30.7. The second-order valence-electron chi connectivity index (χ2n) is 10.2. The quantitative estimate of drug-likeness (QED) is 0.101. The van der Waals surface area contributed by atoms with Crippen LogP contribution < -0.4 is 0 Å². The Labute approximate surface area is 301 Å². The van der Waals surface area contributed by atoms with E-state index in [9.17, 15) is 57.5 Å². The zero-order valence-electron chi connectivity index (χ0n) is 31.2. The molecule has 0 amide bonds. The molecule has 296 valence electrons. The molecule has 52 heavy (non-hydrogen) atoms. The third-order valence-corrected chi connectivity index (χ3v) is 4.88. The summed E-state index contributed by atoms with van der Waals surface area (Å²) in [6, 6.07) is 0. The minimum atomic E-state index is -1.32. The lowest BCUT2D eigenvalue weighted by molar-refractivity contribution is -0.175. The Morgan fingerprint density at radius 1 is 0.462 bits per heavy atom. The SMILES string of the molecule is CC(C)C(=O)OC=O.CCC(=O)OC(C)=O.CCC(=O)OC(C)=O.CCCC(=O)OC(=O)C(C)OC(=O)CCC(=O)OC(C)C(=O)OC(=O)CCC. The van der Waals surface area contributed by atoms with Gasteiger partial charge in [0.1, 0.15) is 0 Å². The standard InChI is InChI=1S/C18H26O10.3C5H8O3/c1-5-7-13(19)27-17(23)11(3)25-15(21)9-10-16(22)26-12(4)18(24)28-14(20)8-6-2;1-4(2)5(7)8-3-6;2*1-3-5(7)8-4(2)6/h11-12H,5-10H2,1-4H3;3-4H,1-2H3;2*3H2,1-2H3. The largest absolute Gasteiger partial charge is 0.451 e. The Morgan fingerprint density at radius 2 is 0.788 bits per heavy atom. The molecule has 0 fully saturated rings. The van der Waals surface area contributed by atoms with Gasteiger partial charge >= 0.3 is 72.1 Å². The van der Waals surface area contributed by atoms with Gasteiger partial charge in [0.2, 0.25) is 0 Å². The first kappa shape index (κ1) is 53.4. The first-order chi connectivity index (χ1) is 24.1. The monoisotopic (exact) mass is 750 g/mol. The van der Waals surface area contributed by atoms with Crippen molar-refractivity contribution in [2.45, 2.75) is 133 Å². The molecule has 0 aliphatic heterocycles. The average molecular weight is 751 g/mol. The molecule has 0 spiro atoms. The van der Waals surface area contributed by atoms with Crippen LogP contribution in [0.15, 0.2) is 0 Å². The highest BCUT2D eigenvalue weighted by atomic mass is 16.6. The van der Waals surface area contributed by atoms with Gasteiger partial charge in [-0.1, -0.05) is 41.5 Å². The van der Waals surface area contributed by atoms with E-state index in [1.165, 1.54) is 27.7 Å². The molecule has 2 atom stereocenters. The maximum absolute atomic E-state index is 11.7. The number of rotatable bonds is 15. The van der Waals surface area contributed by atoms with Gasteiger partial charge in [-0.05, 0) is 26.7 Å². The van der Waals surface area contributed by atoms with Crippen molar-refractivity contribution in [3.05, 3.63) is 0 Å². The molecule has 0 heterocycles. The van der Waals surface area contributed by atoms with Crippen LogP contribution in [0.25, 0.3) is 0 Å². The summed E-state index contributed by atoms with van der Waals surface area (Å²) in [5.41, 5.74) is 0. The van der Waals surface area contributed by atoms with Crippen molar-refractivity contribution in [2.24, 2.45) is 5.92 Å². The molecule has 0 bridgehead atoms. The Kier molecular flexibility index (Phi) is 33.7. The molecule has 19 heteroatoms. The molecule has 19 nitrogen and oxygen atoms in total. The third-order valence-electron chi connectivity index (χ3n) is 4.88. The zero-order valence-corrected chi connectivity index (χ0v) is 31.2. The minimum absolute atomic E-state index is 0.0584. The fourth-order valence-electron chi connectivity index (χ4n) is 2.36. The van der Waals surface area contributed by atoms with E-state index in [0.717, 1.165) is 0 Å². The van der Waals surface area contributed by atoms with Gasteiger partial charge in [-0.2, -0.15) is 0 Å². The van der Waals surface area contributed by atoms with E-state index in [0.29, 0.717) is 12.8 Å². The summed E-state index contributed by atoms with van der Waals surface area (Å²) in [5, 5.41) is 0. The van der Waals surface area contributed by atoms with Gasteiger partial charge < -0.3 is 33.2 Å². The van der Waals surface area contributed by atoms with Crippen LogP contribution in [-0.4, -0.2) is 84.3 Å². The van der Waals surface area contributed by atoms with E-state index in [-0.39, 0.29) is 38.1 Å². The van der Waals surface area contributed by atoms with Crippen molar-refractivity contribution in [2.75, 3.05) is 0 Å². The molecule has 2 unspecified atom stereocenters. The smallest absolute Gasteiger partial charge is 0.354 e. The molecule has 0 saturated carbocycles. The molecule has 0 rings (SSSR count). The van der Waals surface area contributed by atoms with Gasteiger partial charge in [0, 0.05) is 39.5 Å². The first-order valence-electron chi connectivity index (χ1n) is 16.1. The lowest BCUT2D eigenvalue weighted by Crippen LogP contribution is -2.29. The van der Waals surface area contributed by atoms with Gasteiger partial charge in [-0.3, -0.25) is 47.9 Å². The highest BCUT2D eigenvalue weighted by Crippen LogP contribution is 2.06. The topological polar surface area (TPSA) is 269 Å². The van der Waals surface area contributed by atoms with Gasteiger partial charge in [0.15, 0.2) is 12.2 Å². The Morgan fingerprint density at radius 3 is 0.981 bits per heavy atom. The summed E-state index contributed by atoms with van der Waals surface area (Å²) in [4.78, 5) is 129. The van der Waals surface area contributed by atoms with Crippen LogP contribution in [0.1, 0.15) is 121 Å². The van der Waals surface area contributed by atoms with E-state index in [1.807, 2.05) is 0 Å². The number of hydrogen-bond acceptors (Lipinski definition) is 19. The first-order valence-corrected chi connectivity index (χ1v) is 16.1. The van der Waals surface area contributed by atoms with E-state index >= 15 is 0 Å². The molecular formula is C33H50O19. The van der Waals surface area contributed by atoms with Crippen LogP contribution in [0.4, 0.5) is 0 Å². The van der Waals surface area contributed by atoms with Gasteiger partial charge in [-0.25, -0.2) is 9.59 Å². The zero-order chi connectivity index (χ0) is 41.4. The molecule has 0 aliphatic rings. The summed E-state index contributed by atoms with van der Waals surface area (Å²) in [6.45, 7) is 15.0. The van der Waals surface area contributed by atoms with E-state index in [2.05, 4.69) is 23.7 Å². The molecule has 0 saturated heterocycles. The number of esters is 11. The fourth-order valence-corrected chi connectivity index (χ4v) is 2.36. The summed E-state index contributed by atoms with van der Waals surface area (Å²) in [6.07, 6.45) is -1.86. The van der Waals surface area contributed by atoms with E-state index < -0.39 is 90.7 Å². The van der Waals surface area contributed by atoms with Crippen molar-refractivity contribution in [3.63, 3.8) is 0 Å². The Bertz CT molecular complexity index is 1140. The summed E-state index contributed by atoms with van der Waals surface area (Å²) in [5.74, 6) is -8.00. The van der Waals surface area contributed by atoms with Crippen molar-refractivity contribution >= 4 is 72.1 Å². The van der Waals surface area contributed by atoms with E-state index in [1.54, 1.807) is 41.5 Å². The van der Waals surface area contributed by atoms with Crippen LogP contribution in [0.3, 0.4) is 0 Å². The van der Waals surface area contributed by atoms with Crippen LogP contribution in [0.5, 0.6) is 0 Å². The number of hydrogen-bond donors (Lipinski definition) is 0. The molecule has 0 aromatic carbocycles. The van der Waals surface area contributed by atoms with Gasteiger partial charge in [0.25, 0.3) is 0 Å². The number of carbonyl (C=O) groups excluding carboxylic acids is 12. The van der Waals surface area contributed by atoms with Crippen LogP contribution in [0.2, 0.25) is 0 Å². The lowest BCUT2D eigenvalue weighted by atomic mass is 10.2. The Hall–Kier alpha value is -5.36. The lowest BCUT2D eigenvalue weighted by Gasteiger charge is -2.13. The molecule has 0 aliphatic carbocycles. The van der Waals surface area contributed by atoms with E-state index in [4.69, 9.17) is 9.47 Å². The Balaban J connectivity index is -0.000000385. The number of ether oxygens (including phenoxy) is 7. The van der Waals surface area contributed by atoms with Crippen molar-refractivity contribution < 1.29 is 90.7 Å². The average Bonchev–Trinajstić information content (AvgIpc) is 3.04. The van der Waals surface area contributed by atoms with Crippen molar-refractivity contribution in [1.29, 1.82) is 0 Å². The predicted molar refractivity (Wildman–Crippen MR) is 173 cm³/mol. The van der Waals surface area contributed by atoms with Crippen LogP contribution >= 0.6 is 0 Å². The van der Waals surface area contributed by atoms with Gasteiger partial charge in [-0.15, -0.1) is 0 Å². The van der Waals surface area contributed by atoms with Crippen LogP contribution in [-0.2, 0) is 90.7 Å². The maximum atomic E-state index is 11.7. The minimum Gasteiger partial charge on any atom is -0.451 e. The molecule has 0 radical (unpaired) electrons. The predicted octanol–water partition coefficient (Wildman–Crippen LogP) is 2.68. The van der Waals surface area contributed by atoms with Crippen molar-refractivity contribution in [1.82, 2.24) is 0 Å². The highest BCUT2D eigenvalue weighted by molar-refractivity contribution is 5.90. The van der Waals surface area contributed by atoms with Gasteiger partial charge in [0.05, 0.1) is 18.8 Å². The third kappa shape index (κ3) is 35.9. The summed E-state index contributed by atoms with van der Waals surface area (Å²) in [7, 11) is 0. The second kappa shape index (κ2) is 32.8. The number of carbonyl (C=O) groups is 12. The second-order valence-corrected chi connectivity index (χ2v) is 10.2. The molecular weight excluding hydrogens is 700 g/mol. The summed E-state index contributed by atoms with van der Waals surface area (Å²) >= 11 is 0. The van der Waals surface area contributed by atoms with Crippen molar-refractivity contribution in [3.8, 4) is 0 Å². The molecule has 0 aromatic heterocycles. The fraction of sp³-hybridized carbons (Fsp3) is 0.636. The highest BCUT2D eigenvalue weighted by Gasteiger charge is 2.24. The molecule has 0 aromatic rings. The maximum Gasteiger partial charge on any atom is 0.354 e. The normalized spacial score (nSPS) is 10.5. The van der Waals surface area contributed by atoms with Crippen LogP contribution in [0, 0.1) is 5.92 Å². The molecule has 0 N–H and O–H groups in total.